The zero-order valence-electron chi connectivity index (χ0n) is 14.7. The molecule has 1 aromatic carbocycles. The fourth-order valence-corrected chi connectivity index (χ4v) is 3.78. The van der Waals surface area contributed by atoms with E-state index in [1.807, 2.05) is 36.7 Å². The normalized spacial score (nSPS) is 11.2. The first-order chi connectivity index (χ1) is 12.8. The van der Waals surface area contributed by atoms with E-state index in [9.17, 15) is 0 Å². The summed E-state index contributed by atoms with van der Waals surface area (Å²) in [7, 11) is 1.71. The van der Waals surface area contributed by atoms with E-state index >= 15 is 0 Å². The highest BCUT2D eigenvalue weighted by molar-refractivity contribution is 7.99. The number of halogens is 1. The Morgan fingerprint density at radius 2 is 2.12 bits per heavy atom. The summed E-state index contributed by atoms with van der Waals surface area (Å²) in [4.78, 5) is 0. The lowest BCUT2D eigenvalue weighted by Crippen LogP contribution is -2.05. The van der Waals surface area contributed by atoms with Crippen molar-refractivity contribution in [3.05, 3.63) is 47.2 Å². The third kappa shape index (κ3) is 4.87. The number of H-pyrrole nitrogens is 1. The number of benzene rings is 1. The monoisotopic (exact) mass is 391 g/mol. The molecule has 0 spiro atoms. The molecule has 138 valence electrons. The zero-order valence-corrected chi connectivity index (χ0v) is 16.3. The van der Waals surface area contributed by atoms with Crippen LogP contribution in [0.1, 0.15) is 18.4 Å². The number of thioether (sulfide) groups is 1. The zero-order chi connectivity index (χ0) is 18.2. The van der Waals surface area contributed by atoms with E-state index in [1.54, 1.807) is 18.9 Å². The highest BCUT2D eigenvalue weighted by atomic mass is 35.5. The first-order valence-electron chi connectivity index (χ1n) is 8.57. The molecular formula is C18H22ClN5OS. The van der Waals surface area contributed by atoms with Gasteiger partial charge in [-0.3, -0.25) is 5.10 Å². The molecule has 2 aromatic heterocycles. The summed E-state index contributed by atoms with van der Waals surface area (Å²) in [5.74, 6) is 1.78. The van der Waals surface area contributed by atoms with Gasteiger partial charge in [0.1, 0.15) is 0 Å². The summed E-state index contributed by atoms with van der Waals surface area (Å²) >= 11 is 8.09. The Kier molecular flexibility index (Phi) is 7.11. The van der Waals surface area contributed by atoms with Crippen LogP contribution in [-0.2, 0) is 17.7 Å². The molecule has 0 bridgehead atoms. The third-order valence-corrected chi connectivity index (χ3v) is 5.34. The van der Waals surface area contributed by atoms with Gasteiger partial charge in [-0.15, -0.1) is 10.2 Å². The van der Waals surface area contributed by atoms with Gasteiger partial charge in [0.15, 0.2) is 11.0 Å². The van der Waals surface area contributed by atoms with Crippen molar-refractivity contribution in [1.82, 2.24) is 25.0 Å². The second-order valence-corrected chi connectivity index (χ2v) is 7.31. The number of aromatic amines is 1. The van der Waals surface area contributed by atoms with Crippen LogP contribution in [0.2, 0.25) is 5.02 Å². The molecule has 3 rings (SSSR count). The number of methoxy groups -OCH3 is 1. The quantitative estimate of drug-likeness (QED) is 0.416. The average molecular weight is 392 g/mol. The molecule has 0 radical (unpaired) electrons. The molecule has 26 heavy (non-hydrogen) atoms. The molecule has 0 aliphatic rings. The summed E-state index contributed by atoms with van der Waals surface area (Å²) in [5.41, 5.74) is 2.13. The van der Waals surface area contributed by atoms with Crippen LogP contribution in [0.25, 0.3) is 11.4 Å². The Bertz CT molecular complexity index is 806. The molecule has 0 aliphatic heterocycles. The van der Waals surface area contributed by atoms with Gasteiger partial charge in [-0.25, -0.2) is 0 Å². The number of rotatable bonds is 10. The first kappa shape index (κ1) is 18.9. The van der Waals surface area contributed by atoms with Crippen molar-refractivity contribution in [2.45, 2.75) is 31.0 Å². The van der Waals surface area contributed by atoms with Gasteiger partial charge in [-0.1, -0.05) is 35.5 Å². The van der Waals surface area contributed by atoms with Gasteiger partial charge in [0.05, 0.1) is 11.2 Å². The molecule has 1 N–H and O–H groups in total. The SMILES string of the molecule is COCCCn1c(SCCCc2cn[nH]c2)nnc1-c1ccccc1Cl. The van der Waals surface area contributed by atoms with Crippen molar-refractivity contribution >= 4 is 23.4 Å². The summed E-state index contributed by atoms with van der Waals surface area (Å²) in [6.07, 6.45) is 6.75. The van der Waals surface area contributed by atoms with Gasteiger partial charge in [0.25, 0.3) is 0 Å². The maximum absolute atomic E-state index is 6.36. The molecule has 8 heteroatoms. The molecule has 0 fully saturated rings. The molecule has 6 nitrogen and oxygen atoms in total. The highest BCUT2D eigenvalue weighted by Gasteiger charge is 2.16. The largest absolute Gasteiger partial charge is 0.385 e. The maximum atomic E-state index is 6.36. The number of nitrogens with zero attached hydrogens (tertiary/aromatic N) is 4. The van der Waals surface area contributed by atoms with Crippen molar-refractivity contribution in [3.8, 4) is 11.4 Å². The molecular weight excluding hydrogens is 370 g/mol. The lowest BCUT2D eigenvalue weighted by atomic mass is 10.2. The molecule has 0 atom stereocenters. The Morgan fingerprint density at radius 1 is 1.23 bits per heavy atom. The van der Waals surface area contributed by atoms with E-state index in [-0.39, 0.29) is 0 Å². The van der Waals surface area contributed by atoms with Crippen molar-refractivity contribution in [1.29, 1.82) is 0 Å². The molecule has 0 unspecified atom stereocenters. The summed E-state index contributed by atoms with van der Waals surface area (Å²) < 4.78 is 7.33. The number of aryl methyl sites for hydroxylation is 1. The number of ether oxygens (including phenoxy) is 1. The molecule has 0 saturated carbocycles. The van der Waals surface area contributed by atoms with E-state index < -0.39 is 0 Å². The van der Waals surface area contributed by atoms with Crippen molar-refractivity contribution in [3.63, 3.8) is 0 Å². The first-order valence-corrected chi connectivity index (χ1v) is 9.93. The number of aromatic nitrogens is 5. The molecule has 0 saturated heterocycles. The summed E-state index contributed by atoms with van der Waals surface area (Å²) in [6, 6.07) is 7.74. The maximum Gasteiger partial charge on any atom is 0.191 e. The topological polar surface area (TPSA) is 68.6 Å². The smallest absolute Gasteiger partial charge is 0.191 e. The van der Waals surface area contributed by atoms with Crippen LogP contribution in [0.5, 0.6) is 0 Å². The minimum Gasteiger partial charge on any atom is -0.385 e. The lowest BCUT2D eigenvalue weighted by molar-refractivity contribution is 0.189. The van der Waals surface area contributed by atoms with Gasteiger partial charge < -0.3 is 9.30 Å². The van der Waals surface area contributed by atoms with Crippen LogP contribution in [0.4, 0.5) is 0 Å². The van der Waals surface area contributed by atoms with E-state index in [4.69, 9.17) is 16.3 Å². The summed E-state index contributed by atoms with van der Waals surface area (Å²) in [5, 5.41) is 17.2. The predicted octanol–water partition coefficient (Wildman–Crippen LogP) is 4.08. The molecule has 0 amide bonds. The van der Waals surface area contributed by atoms with Crippen LogP contribution in [-0.4, -0.2) is 44.4 Å². The number of nitrogens with one attached hydrogen (secondary N) is 1. The second kappa shape index (κ2) is 9.75. The molecule has 0 aliphatic carbocycles. The Balaban J connectivity index is 1.70. The van der Waals surface area contributed by atoms with Crippen molar-refractivity contribution < 1.29 is 4.74 Å². The van der Waals surface area contributed by atoms with E-state index in [0.717, 1.165) is 48.1 Å². The standard InChI is InChI=1S/C18H22ClN5OS/c1-25-10-5-9-24-17(15-7-2-3-8-16(15)19)22-23-18(24)26-11-4-6-14-12-20-21-13-14/h2-3,7-8,12-13H,4-6,9-11H2,1H3,(H,20,21). The average Bonchev–Trinajstić information content (AvgIpc) is 3.30. The van der Waals surface area contributed by atoms with Crippen molar-refractivity contribution in [2.75, 3.05) is 19.5 Å². The third-order valence-electron chi connectivity index (χ3n) is 3.96. The minimum absolute atomic E-state index is 0.685. The van der Waals surface area contributed by atoms with Gasteiger partial charge in [-0.2, -0.15) is 5.10 Å². The number of hydrogen-bond acceptors (Lipinski definition) is 5. The minimum atomic E-state index is 0.685. The van der Waals surface area contributed by atoms with Crippen LogP contribution < -0.4 is 0 Å². The van der Waals surface area contributed by atoms with Gasteiger partial charge in [0.2, 0.25) is 0 Å². The Morgan fingerprint density at radius 3 is 2.88 bits per heavy atom. The Labute approximate surface area is 162 Å². The van der Waals surface area contributed by atoms with Crippen LogP contribution in [0.3, 0.4) is 0 Å². The van der Waals surface area contributed by atoms with Crippen LogP contribution >= 0.6 is 23.4 Å². The van der Waals surface area contributed by atoms with Crippen molar-refractivity contribution in [2.24, 2.45) is 0 Å². The van der Waals surface area contributed by atoms with E-state index in [1.165, 1.54) is 5.56 Å². The molecule has 3 aromatic rings. The van der Waals surface area contributed by atoms with Gasteiger partial charge >= 0.3 is 0 Å². The fraction of sp³-hybridized carbons (Fsp3) is 0.389. The van der Waals surface area contributed by atoms with Crippen LogP contribution in [0.15, 0.2) is 41.8 Å². The summed E-state index contributed by atoms with van der Waals surface area (Å²) in [6.45, 7) is 1.50. The van der Waals surface area contributed by atoms with Crippen LogP contribution in [0, 0.1) is 0 Å². The van der Waals surface area contributed by atoms with Gasteiger partial charge in [0, 0.05) is 37.8 Å². The highest BCUT2D eigenvalue weighted by Crippen LogP contribution is 2.29. The fourth-order valence-electron chi connectivity index (χ4n) is 2.66. The Hall–Kier alpha value is -1.83. The lowest BCUT2D eigenvalue weighted by Gasteiger charge is -2.10. The number of hydrogen-bond donors (Lipinski definition) is 1. The van der Waals surface area contributed by atoms with E-state index in [2.05, 4.69) is 25.0 Å². The second-order valence-electron chi connectivity index (χ2n) is 5.84. The predicted molar refractivity (Wildman–Crippen MR) is 105 cm³/mol. The van der Waals surface area contributed by atoms with E-state index in [0.29, 0.717) is 11.6 Å². The molecule has 2 heterocycles. The van der Waals surface area contributed by atoms with Gasteiger partial charge in [-0.05, 0) is 37.0 Å².